The first-order valence-corrected chi connectivity index (χ1v) is 7.43. The monoisotopic (exact) mass is 327 g/mol. The summed E-state index contributed by atoms with van der Waals surface area (Å²) in [5, 5.41) is 5.32. The summed E-state index contributed by atoms with van der Waals surface area (Å²) < 4.78 is 14.6. The summed E-state index contributed by atoms with van der Waals surface area (Å²) in [6, 6.07) is 7.37. The van der Waals surface area contributed by atoms with E-state index in [-0.39, 0.29) is 11.9 Å². The quantitative estimate of drug-likeness (QED) is 0.874. The highest BCUT2D eigenvalue weighted by Crippen LogP contribution is 2.28. The first-order valence-electron chi connectivity index (χ1n) is 5.76. The maximum absolute atomic E-state index is 13.4. The maximum atomic E-state index is 13.4. The first kappa shape index (κ1) is 13.7. The van der Waals surface area contributed by atoms with Gasteiger partial charge >= 0.3 is 0 Å². The van der Waals surface area contributed by atoms with Crippen LogP contribution in [0.4, 0.5) is 4.39 Å². The van der Waals surface area contributed by atoms with E-state index in [4.69, 9.17) is 0 Å². The molecule has 0 amide bonds. The first-order chi connectivity index (χ1) is 8.60. The van der Waals surface area contributed by atoms with Gasteiger partial charge in [0.25, 0.3) is 0 Å². The molecule has 1 unspecified atom stereocenters. The summed E-state index contributed by atoms with van der Waals surface area (Å²) in [5.74, 6) is -0.171. The predicted molar refractivity (Wildman–Crippen MR) is 78.7 cm³/mol. The van der Waals surface area contributed by atoms with Crippen molar-refractivity contribution < 1.29 is 4.39 Å². The molecule has 1 aromatic heterocycles. The Morgan fingerprint density at radius 1 is 1.39 bits per heavy atom. The van der Waals surface area contributed by atoms with Crippen LogP contribution in [-0.2, 0) is 6.42 Å². The average Bonchev–Trinajstić information content (AvgIpc) is 2.70. The standard InChI is InChI=1S/C14H15BrFNS/c1-9-5-10(7-11(16)6-9)13(17-2)8-14-12(15)3-4-18-14/h3-7,13,17H,8H2,1-2H3. The molecule has 2 rings (SSSR count). The van der Waals surface area contributed by atoms with E-state index in [0.717, 1.165) is 22.0 Å². The molecule has 1 aromatic carbocycles. The fourth-order valence-electron chi connectivity index (χ4n) is 2.01. The molecule has 0 aliphatic heterocycles. The lowest BCUT2D eigenvalue weighted by molar-refractivity contribution is 0.579. The molecule has 1 nitrogen and oxygen atoms in total. The van der Waals surface area contributed by atoms with E-state index >= 15 is 0 Å². The number of likely N-dealkylation sites (N-methyl/N-ethyl adjacent to an activating group) is 1. The van der Waals surface area contributed by atoms with Gasteiger partial charge in [-0.1, -0.05) is 6.07 Å². The number of rotatable bonds is 4. The summed E-state index contributed by atoms with van der Waals surface area (Å²) in [4.78, 5) is 1.27. The van der Waals surface area contributed by atoms with Crippen LogP contribution in [0.5, 0.6) is 0 Å². The number of aryl methyl sites for hydroxylation is 1. The third-order valence-electron chi connectivity index (χ3n) is 2.90. The zero-order chi connectivity index (χ0) is 13.1. The zero-order valence-electron chi connectivity index (χ0n) is 10.3. The summed E-state index contributed by atoms with van der Waals surface area (Å²) in [6.45, 7) is 1.92. The van der Waals surface area contributed by atoms with Crippen molar-refractivity contribution in [2.75, 3.05) is 7.05 Å². The lowest BCUT2D eigenvalue weighted by Gasteiger charge is -2.17. The van der Waals surface area contributed by atoms with Crippen molar-refractivity contribution in [2.24, 2.45) is 0 Å². The van der Waals surface area contributed by atoms with Crippen LogP contribution in [0.25, 0.3) is 0 Å². The molecule has 1 N–H and O–H groups in total. The Morgan fingerprint density at radius 3 is 2.72 bits per heavy atom. The number of hydrogen-bond donors (Lipinski definition) is 1. The number of halogens is 2. The fourth-order valence-corrected chi connectivity index (χ4v) is 3.57. The van der Waals surface area contributed by atoms with Gasteiger partial charge in [0.05, 0.1) is 0 Å². The zero-order valence-corrected chi connectivity index (χ0v) is 12.7. The number of thiophene rings is 1. The van der Waals surface area contributed by atoms with Crippen molar-refractivity contribution in [2.45, 2.75) is 19.4 Å². The van der Waals surface area contributed by atoms with Gasteiger partial charge in [0.2, 0.25) is 0 Å². The molecule has 2 aromatic rings. The Labute approximate surface area is 119 Å². The lowest BCUT2D eigenvalue weighted by atomic mass is 10.0. The van der Waals surface area contributed by atoms with Crippen LogP contribution in [-0.4, -0.2) is 7.05 Å². The van der Waals surface area contributed by atoms with Crippen molar-refractivity contribution in [3.05, 3.63) is 55.9 Å². The van der Waals surface area contributed by atoms with Crippen molar-refractivity contribution >= 4 is 27.3 Å². The second kappa shape index (κ2) is 5.95. The van der Waals surface area contributed by atoms with Crippen molar-refractivity contribution in [1.29, 1.82) is 0 Å². The predicted octanol–water partition coefficient (Wildman–Crippen LogP) is 4.46. The van der Waals surface area contributed by atoms with Crippen LogP contribution in [0.3, 0.4) is 0 Å². The van der Waals surface area contributed by atoms with Crippen molar-refractivity contribution in [3.8, 4) is 0 Å². The van der Waals surface area contributed by atoms with Gasteiger partial charge in [0, 0.05) is 21.8 Å². The summed E-state index contributed by atoms with van der Waals surface area (Å²) in [5.41, 5.74) is 1.95. The van der Waals surface area contributed by atoms with Gasteiger partial charge in [-0.05, 0) is 64.6 Å². The molecule has 0 radical (unpaired) electrons. The Balaban J connectivity index is 2.25. The normalized spacial score (nSPS) is 12.7. The molecule has 0 bridgehead atoms. The number of nitrogens with one attached hydrogen (secondary N) is 1. The number of hydrogen-bond acceptors (Lipinski definition) is 2. The molecule has 0 spiro atoms. The fraction of sp³-hybridized carbons (Fsp3) is 0.286. The van der Waals surface area contributed by atoms with Gasteiger partial charge in [-0.15, -0.1) is 11.3 Å². The lowest BCUT2D eigenvalue weighted by Crippen LogP contribution is -2.18. The van der Waals surface area contributed by atoms with Crippen LogP contribution < -0.4 is 5.32 Å². The maximum Gasteiger partial charge on any atom is 0.123 e. The molecule has 0 aliphatic rings. The summed E-state index contributed by atoms with van der Waals surface area (Å²) >= 11 is 5.25. The molecule has 0 saturated heterocycles. The molecule has 18 heavy (non-hydrogen) atoms. The third-order valence-corrected chi connectivity index (χ3v) is 4.84. The molecule has 96 valence electrons. The van der Waals surface area contributed by atoms with E-state index in [9.17, 15) is 4.39 Å². The smallest absolute Gasteiger partial charge is 0.123 e. The molecule has 1 atom stereocenters. The molecule has 0 saturated carbocycles. The van der Waals surface area contributed by atoms with E-state index in [1.165, 1.54) is 4.88 Å². The van der Waals surface area contributed by atoms with Gasteiger partial charge in [0.15, 0.2) is 0 Å². The molecule has 1 heterocycles. The van der Waals surface area contributed by atoms with Gasteiger partial charge in [-0.25, -0.2) is 4.39 Å². The van der Waals surface area contributed by atoms with Crippen molar-refractivity contribution in [1.82, 2.24) is 5.32 Å². The van der Waals surface area contributed by atoms with Gasteiger partial charge in [-0.2, -0.15) is 0 Å². The van der Waals surface area contributed by atoms with Crippen LogP contribution in [0, 0.1) is 12.7 Å². The highest BCUT2D eigenvalue weighted by Gasteiger charge is 2.14. The molecular weight excluding hydrogens is 313 g/mol. The Hall–Kier alpha value is -0.710. The second-order valence-corrected chi connectivity index (χ2v) is 6.15. The number of benzene rings is 1. The molecule has 0 fully saturated rings. The van der Waals surface area contributed by atoms with Gasteiger partial charge < -0.3 is 5.32 Å². The average molecular weight is 328 g/mol. The van der Waals surface area contributed by atoms with Crippen molar-refractivity contribution in [3.63, 3.8) is 0 Å². The van der Waals surface area contributed by atoms with E-state index < -0.39 is 0 Å². The minimum atomic E-state index is -0.171. The summed E-state index contributed by atoms with van der Waals surface area (Å²) in [7, 11) is 1.91. The van der Waals surface area contributed by atoms with Gasteiger partial charge in [-0.3, -0.25) is 0 Å². The van der Waals surface area contributed by atoms with Crippen LogP contribution in [0.15, 0.2) is 34.1 Å². The van der Waals surface area contributed by atoms with Crippen LogP contribution in [0.2, 0.25) is 0 Å². The molecular formula is C14H15BrFNS. The minimum absolute atomic E-state index is 0.134. The summed E-state index contributed by atoms with van der Waals surface area (Å²) in [6.07, 6.45) is 0.859. The molecule has 0 aliphatic carbocycles. The van der Waals surface area contributed by atoms with E-state index in [2.05, 4.69) is 26.6 Å². The second-order valence-electron chi connectivity index (χ2n) is 4.30. The Morgan fingerprint density at radius 2 is 2.17 bits per heavy atom. The van der Waals surface area contributed by atoms with Crippen LogP contribution in [0.1, 0.15) is 22.0 Å². The van der Waals surface area contributed by atoms with E-state index in [1.807, 2.05) is 26.1 Å². The molecule has 4 heteroatoms. The topological polar surface area (TPSA) is 12.0 Å². The largest absolute Gasteiger partial charge is 0.313 e. The van der Waals surface area contributed by atoms with Gasteiger partial charge in [0.1, 0.15) is 5.82 Å². The highest BCUT2D eigenvalue weighted by molar-refractivity contribution is 9.10. The highest BCUT2D eigenvalue weighted by atomic mass is 79.9. The minimum Gasteiger partial charge on any atom is -0.313 e. The SMILES string of the molecule is CNC(Cc1sccc1Br)c1cc(C)cc(F)c1. The van der Waals surface area contributed by atoms with Crippen LogP contribution >= 0.6 is 27.3 Å². The Bertz CT molecular complexity index is 518. The Kier molecular flexibility index (Phi) is 4.54. The van der Waals surface area contributed by atoms with E-state index in [0.29, 0.717) is 0 Å². The third kappa shape index (κ3) is 3.19. The van der Waals surface area contributed by atoms with E-state index in [1.54, 1.807) is 23.5 Å².